The zero-order valence-corrected chi connectivity index (χ0v) is 15.1. The van der Waals surface area contributed by atoms with Gasteiger partial charge in [-0.15, -0.1) is 0 Å². The quantitative estimate of drug-likeness (QED) is 0.870. The summed E-state index contributed by atoms with van der Waals surface area (Å²) in [7, 11) is 0. The van der Waals surface area contributed by atoms with Crippen molar-refractivity contribution in [3.8, 4) is 0 Å². The number of halogens is 2. The van der Waals surface area contributed by atoms with Gasteiger partial charge in [-0.3, -0.25) is 9.59 Å². The maximum Gasteiger partial charge on any atom is 0.256 e. The van der Waals surface area contributed by atoms with Crippen molar-refractivity contribution in [3.63, 3.8) is 0 Å². The molecule has 0 radical (unpaired) electrons. The normalized spacial score (nSPS) is 24.3. The Balaban J connectivity index is 1.78. The number of rotatable bonds is 2. The zero-order chi connectivity index (χ0) is 17.3. The van der Waals surface area contributed by atoms with Gasteiger partial charge in [-0.25, -0.2) is 0 Å². The third kappa shape index (κ3) is 3.53. The molecule has 1 aromatic rings. The topological polar surface area (TPSA) is 52.7 Å². The molecule has 24 heavy (non-hydrogen) atoms. The Morgan fingerprint density at radius 1 is 1.25 bits per heavy atom. The number of nitrogens with zero attached hydrogens (tertiary/aromatic N) is 2. The Hall–Kier alpha value is -1.30. The van der Waals surface area contributed by atoms with Gasteiger partial charge in [0.1, 0.15) is 6.04 Å². The number of likely N-dealkylation sites (tertiary alicyclic amines) is 1. The fourth-order valence-corrected chi connectivity index (χ4v) is 3.80. The van der Waals surface area contributed by atoms with E-state index in [4.69, 9.17) is 23.2 Å². The van der Waals surface area contributed by atoms with E-state index < -0.39 is 6.04 Å². The minimum absolute atomic E-state index is 0.0346. The minimum Gasteiger partial charge on any atom is -0.338 e. The lowest BCUT2D eigenvalue weighted by molar-refractivity contribution is -0.136. The first kappa shape index (κ1) is 17.5. The van der Waals surface area contributed by atoms with E-state index in [0.717, 1.165) is 13.0 Å². The highest BCUT2D eigenvalue weighted by molar-refractivity contribution is 6.35. The van der Waals surface area contributed by atoms with Gasteiger partial charge in [0, 0.05) is 37.2 Å². The van der Waals surface area contributed by atoms with Crippen LogP contribution in [-0.4, -0.2) is 59.9 Å². The molecule has 2 aliphatic heterocycles. The Morgan fingerprint density at radius 3 is 2.79 bits per heavy atom. The van der Waals surface area contributed by atoms with Crippen molar-refractivity contribution in [2.45, 2.75) is 31.8 Å². The molecule has 2 aliphatic rings. The van der Waals surface area contributed by atoms with E-state index >= 15 is 0 Å². The Bertz CT molecular complexity index is 653. The molecule has 1 N–H and O–H groups in total. The molecule has 2 atom stereocenters. The Kier molecular flexibility index (Phi) is 5.33. The lowest BCUT2D eigenvalue weighted by Crippen LogP contribution is -2.56. The molecule has 0 aliphatic carbocycles. The van der Waals surface area contributed by atoms with Crippen LogP contribution in [0, 0.1) is 0 Å². The number of carbonyl (C=O) groups is 2. The van der Waals surface area contributed by atoms with E-state index in [1.807, 2.05) is 4.90 Å². The van der Waals surface area contributed by atoms with E-state index in [0.29, 0.717) is 41.7 Å². The van der Waals surface area contributed by atoms with Gasteiger partial charge in [-0.05, 0) is 38.0 Å². The highest BCUT2D eigenvalue weighted by Crippen LogP contribution is 2.27. The summed E-state index contributed by atoms with van der Waals surface area (Å²) in [5, 5.41) is 4.14. The number of hydrogen-bond donors (Lipinski definition) is 1. The van der Waals surface area contributed by atoms with Crippen LogP contribution in [0.4, 0.5) is 0 Å². The minimum atomic E-state index is -0.405. The van der Waals surface area contributed by atoms with Gasteiger partial charge in [-0.1, -0.05) is 23.2 Å². The van der Waals surface area contributed by atoms with Crippen LogP contribution in [0.25, 0.3) is 0 Å². The maximum atomic E-state index is 12.9. The molecule has 2 saturated heterocycles. The summed E-state index contributed by atoms with van der Waals surface area (Å²) in [5.41, 5.74) is 0.359. The van der Waals surface area contributed by atoms with Crippen LogP contribution in [-0.2, 0) is 4.79 Å². The van der Waals surface area contributed by atoms with E-state index in [1.54, 1.807) is 23.1 Å². The van der Waals surface area contributed by atoms with Gasteiger partial charge in [-0.2, -0.15) is 0 Å². The monoisotopic (exact) mass is 369 g/mol. The standard InChI is InChI=1S/C17H21Cl2N3O2/c1-11-10-21(8-6-20-11)17(24)15-3-2-7-22(15)16(23)13-9-12(18)4-5-14(13)19/h4-5,9,11,15,20H,2-3,6-8,10H2,1H3. The number of carbonyl (C=O) groups excluding carboxylic acids is 2. The molecular weight excluding hydrogens is 349 g/mol. The first-order valence-corrected chi connectivity index (χ1v) is 9.01. The maximum absolute atomic E-state index is 12.9. The molecular formula is C17H21Cl2N3O2. The molecule has 5 nitrogen and oxygen atoms in total. The van der Waals surface area contributed by atoms with Crippen LogP contribution < -0.4 is 5.32 Å². The van der Waals surface area contributed by atoms with Crippen LogP contribution in [0.5, 0.6) is 0 Å². The van der Waals surface area contributed by atoms with Crippen LogP contribution in [0.2, 0.25) is 10.0 Å². The molecule has 2 heterocycles. The predicted octanol–water partition coefficient (Wildman–Crippen LogP) is 2.42. The SMILES string of the molecule is CC1CN(C(=O)C2CCCN2C(=O)c2cc(Cl)ccc2Cl)CCN1. The summed E-state index contributed by atoms with van der Waals surface area (Å²) in [5.74, 6) is -0.186. The third-order valence-corrected chi connectivity index (χ3v) is 5.20. The second-order valence-corrected chi connectivity index (χ2v) is 7.26. The van der Waals surface area contributed by atoms with Crippen molar-refractivity contribution < 1.29 is 9.59 Å². The van der Waals surface area contributed by atoms with E-state index in [2.05, 4.69) is 12.2 Å². The average molecular weight is 370 g/mol. The van der Waals surface area contributed by atoms with Crippen LogP contribution in [0.15, 0.2) is 18.2 Å². The molecule has 0 bridgehead atoms. The van der Waals surface area contributed by atoms with Crippen molar-refractivity contribution in [2.75, 3.05) is 26.2 Å². The number of piperazine rings is 1. The first-order valence-electron chi connectivity index (χ1n) is 8.25. The Morgan fingerprint density at radius 2 is 2.04 bits per heavy atom. The summed E-state index contributed by atoms with van der Waals surface area (Å²) in [6.07, 6.45) is 1.52. The smallest absolute Gasteiger partial charge is 0.256 e. The van der Waals surface area contributed by atoms with Crippen molar-refractivity contribution in [1.29, 1.82) is 0 Å². The molecule has 7 heteroatoms. The first-order chi connectivity index (χ1) is 11.5. The largest absolute Gasteiger partial charge is 0.338 e. The third-order valence-electron chi connectivity index (χ3n) is 4.64. The molecule has 0 spiro atoms. The van der Waals surface area contributed by atoms with Crippen LogP contribution in [0.3, 0.4) is 0 Å². The molecule has 130 valence electrons. The summed E-state index contributed by atoms with van der Waals surface area (Å²) in [6, 6.07) is 4.70. The summed E-state index contributed by atoms with van der Waals surface area (Å²) >= 11 is 12.1. The highest BCUT2D eigenvalue weighted by atomic mass is 35.5. The lowest BCUT2D eigenvalue weighted by Gasteiger charge is -2.35. The number of hydrogen-bond acceptors (Lipinski definition) is 3. The molecule has 2 fully saturated rings. The van der Waals surface area contributed by atoms with E-state index in [9.17, 15) is 9.59 Å². The number of benzene rings is 1. The number of amides is 2. The van der Waals surface area contributed by atoms with Crippen molar-refractivity contribution in [2.24, 2.45) is 0 Å². The highest BCUT2D eigenvalue weighted by Gasteiger charge is 2.38. The fraction of sp³-hybridized carbons (Fsp3) is 0.529. The summed E-state index contributed by atoms with van der Waals surface area (Å²) in [6.45, 7) is 4.77. The average Bonchev–Trinajstić information content (AvgIpc) is 3.05. The molecule has 1 aromatic carbocycles. The molecule has 2 amide bonds. The zero-order valence-electron chi connectivity index (χ0n) is 13.6. The molecule has 2 unspecified atom stereocenters. The van der Waals surface area contributed by atoms with Crippen LogP contribution >= 0.6 is 23.2 Å². The second kappa shape index (κ2) is 7.30. The summed E-state index contributed by atoms with van der Waals surface area (Å²) in [4.78, 5) is 29.3. The Labute approximate surface area is 151 Å². The predicted molar refractivity (Wildman–Crippen MR) is 94.6 cm³/mol. The van der Waals surface area contributed by atoms with E-state index in [-0.39, 0.29) is 17.9 Å². The lowest BCUT2D eigenvalue weighted by atomic mass is 10.1. The number of nitrogens with one attached hydrogen (secondary N) is 1. The van der Waals surface area contributed by atoms with Crippen molar-refractivity contribution in [1.82, 2.24) is 15.1 Å². The second-order valence-electron chi connectivity index (χ2n) is 6.42. The van der Waals surface area contributed by atoms with Crippen LogP contribution in [0.1, 0.15) is 30.1 Å². The summed E-state index contributed by atoms with van der Waals surface area (Å²) < 4.78 is 0. The molecule has 0 aromatic heterocycles. The van der Waals surface area contributed by atoms with Gasteiger partial charge in [0.15, 0.2) is 0 Å². The van der Waals surface area contributed by atoms with E-state index in [1.165, 1.54) is 0 Å². The molecule has 0 saturated carbocycles. The van der Waals surface area contributed by atoms with Gasteiger partial charge in [0.2, 0.25) is 5.91 Å². The fourth-order valence-electron chi connectivity index (χ4n) is 3.43. The molecule has 3 rings (SSSR count). The van der Waals surface area contributed by atoms with Gasteiger partial charge in [0.25, 0.3) is 5.91 Å². The van der Waals surface area contributed by atoms with Gasteiger partial charge in [0.05, 0.1) is 10.6 Å². The van der Waals surface area contributed by atoms with Gasteiger partial charge < -0.3 is 15.1 Å². The van der Waals surface area contributed by atoms with Crippen molar-refractivity contribution in [3.05, 3.63) is 33.8 Å². The van der Waals surface area contributed by atoms with Gasteiger partial charge >= 0.3 is 0 Å². The van der Waals surface area contributed by atoms with Crippen molar-refractivity contribution >= 4 is 35.0 Å².